The van der Waals surface area contributed by atoms with E-state index in [-0.39, 0.29) is 32.0 Å². The number of rotatable bonds is 35. The molecular weight excluding hydrogens is 605 g/mol. The van der Waals surface area contributed by atoms with E-state index >= 15 is 0 Å². The zero-order chi connectivity index (χ0) is 34.4. The van der Waals surface area contributed by atoms with Crippen LogP contribution in [-0.4, -0.2) is 81.3 Å². The van der Waals surface area contributed by atoms with Crippen molar-refractivity contribution in [1.29, 1.82) is 0 Å². The summed E-state index contributed by atoms with van der Waals surface area (Å²) in [5, 5.41) is 0. The highest BCUT2D eigenvalue weighted by Crippen LogP contribution is 2.43. The van der Waals surface area contributed by atoms with E-state index in [2.05, 4.69) is 28.1 Å². The number of carbonyl (C=O) groups is 2. The Morgan fingerprint density at radius 3 is 1.52 bits per heavy atom. The van der Waals surface area contributed by atoms with Crippen LogP contribution >= 0.6 is 7.82 Å². The van der Waals surface area contributed by atoms with Gasteiger partial charge in [0.25, 0.3) is 0 Å². The number of phosphoric acid groups is 1. The number of esters is 1. The number of quaternary nitrogens is 1. The Kier molecular flexibility index (Phi) is 29.7. The van der Waals surface area contributed by atoms with Crippen molar-refractivity contribution in [2.75, 3.05) is 54.1 Å². The second-order valence-electron chi connectivity index (χ2n) is 14.1. The highest BCUT2D eigenvalue weighted by molar-refractivity contribution is 7.47. The second kappa shape index (κ2) is 30.2. The van der Waals surface area contributed by atoms with Gasteiger partial charge in [-0.25, -0.2) is 4.57 Å². The molecule has 0 aliphatic rings. The Morgan fingerprint density at radius 1 is 0.630 bits per heavy atom. The summed E-state index contributed by atoms with van der Waals surface area (Å²) in [4.78, 5) is 33.4. The first-order chi connectivity index (χ1) is 21.9. The van der Waals surface area contributed by atoms with Gasteiger partial charge >= 0.3 is 13.8 Å². The van der Waals surface area contributed by atoms with Gasteiger partial charge in [0.2, 0.25) is 0 Å². The molecule has 1 N–H and O–H groups in total. The van der Waals surface area contributed by atoms with Crippen molar-refractivity contribution in [1.82, 2.24) is 0 Å². The molecule has 274 valence electrons. The molecule has 46 heavy (non-hydrogen) atoms. The molecule has 0 fully saturated rings. The lowest BCUT2D eigenvalue weighted by molar-refractivity contribution is -0.870. The topological polar surface area (TPSA) is 108 Å². The first-order valence-electron chi connectivity index (χ1n) is 18.6. The molecule has 0 aromatic heterocycles. The van der Waals surface area contributed by atoms with Gasteiger partial charge in [0, 0.05) is 6.61 Å². The van der Waals surface area contributed by atoms with Gasteiger partial charge in [0.15, 0.2) is 0 Å². The fourth-order valence-electron chi connectivity index (χ4n) is 5.30. The summed E-state index contributed by atoms with van der Waals surface area (Å²) in [5.41, 5.74) is 0. The van der Waals surface area contributed by atoms with Crippen LogP contribution in [-0.2, 0) is 32.7 Å². The number of hydrogen-bond donors (Lipinski definition) is 1. The van der Waals surface area contributed by atoms with Gasteiger partial charge in [-0.1, -0.05) is 122 Å². The molecule has 0 radical (unpaired) electrons. The molecule has 0 saturated heterocycles. The first kappa shape index (κ1) is 45.2. The van der Waals surface area contributed by atoms with Crippen molar-refractivity contribution in [3.63, 3.8) is 0 Å². The maximum absolute atomic E-state index is 12.4. The van der Waals surface area contributed by atoms with Crippen molar-refractivity contribution in [2.24, 2.45) is 0 Å². The molecule has 0 rings (SSSR count). The van der Waals surface area contributed by atoms with Crippen LogP contribution in [0.4, 0.5) is 0 Å². The van der Waals surface area contributed by atoms with Gasteiger partial charge in [0.05, 0.1) is 47.5 Å². The van der Waals surface area contributed by atoms with Crippen molar-refractivity contribution >= 4 is 19.6 Å². The molecule has 9 nitrogen and oxygen atoms in total. The van der Waals surface area contributed by atoms with Crippen LogP contribution in [0.1, 0.15) is 162 Å². The van der Waals surface area contributed by atoms with E-state index in [1.165, 1.54) is 110 Å². The van der Waals surface area contributed by atoms with Gasteiger partial charge in [-0.05, 0) is 32.6 Å². The Morgan fingerprint density at radius 2 is 1.07 bits per heavy atom. The quantitative estimate of drug-likeness (QED) is 0.0232. The minimum Gasteiger partial charge on any atom is -0.457 e. The molecule has 2 unspecified atom stereocenters. The summed E-state index contributed by atoms with van der Waals surface area (Å²) in [6, 6.07) is 0. The van der Waals surface area contributed by atoms with Crippen LogP contribution in [0.15, 0.2) is 0 Å². The van der Waals surface area contributed by atoms with Crippen LogP contribution in [0.3, 0.4) is 0 Å². The number of Topliss-reactive ketones (excluding diaryl/α,β-unsaturated/α-hetero) is 1. The summed E-state index contributed by atoms with van der Waals surface area (Å²) in [6.07, 6.45) is 25.6. The number of hydrogen-bond acceptors (Lipinski definition) is 7. The Hall–Kier alpha value is -0.830. The number of phosphoric ester groups is 1. The standard InChI is InChI=1S/C36H72NO8P/c1-6-7-8-9-10-11-12-13-14-15-16-17-18-20-23-26-29-42-32-35(45-36(39)31-34(2)38)33-44-46(40,41)43-30-27-24-21-19-22-25-28-37(3,4)5/h35H,6-33H2,1-5H3/p+1. The van der Waals surface area contributed by atoms with Gasteiger partial charge in [0.1, 0.15) is 18.3 Å². The molecule has 0 aromatic rings. The van der Waals surface area contributed by atoms with E-state index in [1.807, 2.05) is 0 Å². The van der Waals surface area contributed by atoms with E-state index in [9.17, 15) is 19.0 Å². The molecule has 2 atom stereocenters. The number of ether oxygens (including phenoxy) is 2. The van der Waals surface area contributed by atoms with E-state index < -0.39 is 19.9 Å². The Bertz CT molecular complexity index is 774. The van der Waals surface area contributed by atoms with Crippen molar-refractivity contribution in [3.05, 3.63) is 0 Å². The lowest BCUT2D eigenvalue weighted by Crippen LogP contribution is -2.35. The van der Waals surface area contributed by atoms with E-state index in [1.54, 1.807) is 0 Å². The van der Waals surface area contributed by atoms with E-state index in [4.69, 9.17) is 18.5 Å². The number of nitrogens with zero attached hydrogens (tertiary/aromatic N) is 1. The number of unbranched alkanes of at least 4 members (excludes halogenated alkanes) is 20. The molecule has 0 bridgehead atoms. The largest absolute Gasteiger partial charge is 0.472 e. The molecule has 0 spiro atoms. The molecular formula is C36H73NO8P+. The molecule has 0 heterocycles. The summed E-state index contributed by atoms with van der Waals surface area (Å²) in [7, 11) is 2.29. The molecule has 0 aliphatic carbocycles. The predicted octanol–water partition coefficient (Wildman–Crippen LogP) is 9.34. The molecule has 0 aromatic carbocycles. The molecule has 0 amide bonds. The van der Waals surface area contributed by atoms with Crippen molar-refractivity contribution < 1.29 is 42.1 Å². The van der Waals surface area contributed by atoms with Crippen LogP contribution in [0.5, 0.6) is 0 Å². The second-order valence-corrected chi connectivity index (χ2v) is 15.6. The normalized spacial score (nSPS) is 13.9. The highest BCUT2D eigenvalue weighted by Gasteiger charge is 2.25. The predicted molar refractivity (Wildman–Crippen MR) is 188 cm³/mol. The third-order valence-electron chi connectivity index (χ3n) is 8.04. The maximum atomic E-state index is 12.4. The smallest absolute Gasteiger partial charge is 0.457 e. The van der Waals surface area contributed by atoms with Gasteiger partial charge in [-0.3, -0.25) is 18.6 Å². The van der Waals surface area contributed by atoms with Gasteiger partial charge < -0.3 is 18.9 Å². The fourth-order valence-corrected chi connectivity index (χ4v) is 6.09. The highest BCUT2D eigenvalue weighted by atomic mass is 31.2. The number of ketones is 1. The fraction of sp³-hybridized carbons (Fsp3) is 0.944. The van der Waals surface area contributed by atoms with Gasteiger partial charge in [-0.15, -0.1) is 0 Å². The zero-order valence-electron chi connectivity index (χ0n) is 30.6. The van der Waals surface area contributed by atoms with Crippen molar-refractivity contribution in [2.45, 2.75) is 168 Å². The summed E-state index contributed by atoms with van der Waals surface area (Å²) in [5.74, 6) is -1.02. The summed E-state index contributed by atoms with van der Waals surface area (Å²) < 4.78 is 34.6. The average molecular weight is 679 g/mol. The Balaban J connectivity index is 4.02. The SMILES string of the molecule is CCCCCCCCCCCCCCCCCCOCC(COP(=O)(O)OCCCCCCCC[N+](C)(C)C)OC(=O)CC(C)=O. The van der Waals surface area contributed by atoms with E-state index in [0.29, 0.717) is 13.0 Å². The van der Waals surface area contributed by atoms with Crippen molar-refractivity contribution in [3.8, 4) is 0 Å². The lowest BCUT2D eigenvalue weighted by atomic mass is 10.0. The minimum atomic E-state index is -4.30. The maximum Gasteiger partial charge on any atom is 0.472 e. The molecule has 0 aliphatic heterocycles. The summed E-state index contributed by atoms with van der Waals surface area (Å²) in [6.45, 7) is 5.03. The summed E-state index contributed by atoms with van der Waals surface area (Å²) >= 11 is 0. The number of carbonyl (C=O) groups excluding carboxylic acids is 2. The average Bonchev–Trinajstić information content (AvgIpc) is 2.97. The third kappa shape index (κ3) is 34.5. The van der Waals surface area contributed by atoms with Crippen LogP contribution < -0.4 is 0 Å². The van der Waals surface area contributed by atoms with E-state index in [0.717, 1.165) is 43.1 Å². The van der Waals surface area contributed by atoms with Crippen LogP contribution in [0.25, 0.3) is 0 Å². The molecule has 10 heteroatoms. The minimum absolute atomic E-state index is 0.0243. The monoisotopic (exact) mass is 679 g/mol. The lowest BCUT2D eigenvalue weighted by Gasteiger charge is -2.23. The van der Waals surface area contributed by atoms with Crippen LogP contribution in [0, 0.1) is 0 Å². The van der Waals surface area contributed by atoms with Crippen LogP contribution in [0.2, 0.25) is 0 Å². The Labute approximate surface area is 283 Å². The first-order valence-corrected chi connectivity index (χ1v) is 20.1. The zero-order valence-corrected chi connectivity index (χ0v) is 31.5. The molecule has 0 saturated carbocycles. The van der Waals surface area contributed by atoms with Gasteiger partial charge in [-0.2, -0.15) is 0 Å². The third-order valence-corrected chi connectivity index (χ3v) is 9.02.